The molecule has 0 aliphatic carbocycles. The van der Waals surface area contributed by atoms with Gasteiger partial charge in [0.05, 0.1) is 6.61 Å². The van der Waals surface area contributed by atoms with Gasteiger partial charge in [-0.25, -0.2) is 4.39 Å². The number of fused-ring (bicyclic) bond motifs is 5. The summed E-state index contributed by atoms with van der Waals surface area (Å²) in [4.78, 5) is 2.47. The minimum absolute atomic E-state index is 0.224. The zero-order valence-corrected chi connectivity index (χ0v) is 20.3. The summed E-state index contributed by atoms with van der Waals surface area (Å²) in [7, 11) is 0. The minimum atomic E-state index is -0.342. The molecular weight excluding hydrogens is 453 g/mol. The molecular formula is C31H30FNO3. The number of benzene rings is 4. The van der Waals surface area contributed by atoms with E-state index in [2.05, 4.69) is 17.0 Å². The molecule has 0 aromatic heterocycles. The quantitative estimate of drug-likeness (QED) is 0.338. The number of hydrogen-bond acceptors (Lipinski definition) is 4. The first kappa shape index (κ1) is 23.0. The molecule has 2 aliphatic heterocycles. The van der Waals surface area contributed by atoms with Gasteiger partial charge in [0.1, 0.15) is 30.0 Å². The summed E-state index contributed by atoms with van der Waals surface area (Å²) in [5, 5.41) is 12.0. The van der Waals surface area contributed by atoms with Crippen LogP contribution in [0.1, 0.15) is 42.1 Å². The van der Waals surface area contributed by atoms with Crippen LogP contribution >= 0.6 is 0 Å². The van der Waals surface area contributed by atoms with E-state index in [4.69, 9.17) is 9.47 Å². The molecule has 0 bridgehead atoms. The molecule has 2 heterocycles. The van der Waals surface area contributed by atoms with Crippen LogP contribution in [0.25, 0.3) is 21.9 Å². The third kappa shape index (κ3) is 4.57. The third-order valence-corrected chi connectivity index (χ3v) is 7.38. The Morgan fingerprint density at radius 1 is 0.889 bits per heavy atom. The first-order valence-corrected chi connectivity index (χ1v) is 12.8. The summed E-state index contributed by atoms with van der Waals surface area (Å²) in [6, 6.07) is 22.5. The number of likely N-dealkylation sites (tertiary alicyclic amines) is 1. The Morgan fingerprint density at radius 2 is 1.69 bits per heavy atom. The zero-order chi connectivity index (χ0) is 24.5. The van der Waals surface area contributed by atoms with E-state index in [0.29, 0.717) is 13.2 Å². The number of nitrogens with zero attached hydrogens (tertiary/aromatic N) is 1. The SMILES string of the molecule is Oc1ccc2c3c(ccc2c1)-c1ccc(F)cc1COC3c1ccc(OCCN2CCCCC2)cc1. The largest absolute Gasteiger partial charge is 0.508 e. The van der Waals surface area contributed by atoms with E-state index in [0.717, 1.165) is 50.9 Å². The van der Waals surface area contributed by atoms with Crippen LogP contribution in [0, 0.1) is 5.82 Å². The highest BCUT2D eigenvalue weighted by atomic mass is 19.1. The first-order chi connectivity index (χ1) is 17.7. The average molecular weight is 484 g/mol. The number of aromatic hydroxyl groups is 1. The smallest absolute Gasteiger partial charge is 0.123 e. The van der Waals surface area contributed by atoms with Gasteiger partial charge in [0.2, 0.25) is 0 Å². The van der Waals surface area contributed by atoms with Gasteiger partial charge < -0.3 is 14.6 Å². The number of phenols is 1. The molecule has 36 heavy (non-hydrogen) atoms. The molecule has 0 spiro atoms. The van der Waals surface area contributed by atoms with Gasteiger partial charge in [-0.1, -0.05) is 42.8 Å². The maximum absolute atomic E-state index is 14.1. The van der Waals surface area contributed by atoms with Crippen molar-refractivity contribution < 1.29 is 19.0 Å². The molecule has 0 radical (unpaired) electrons. The van der Waals surface area contributed by atoms with Gasteiger partial charge in [-0.15, -0.1) is 0 Å². The average Bonchev–Trinajstić information content (AvgIpc) is 3.06. The second kappa shape index (κ2) is 9.92. The Kier molecular flexibility index (Phi) is 6.34. The normalized spacial score (nSPS) is 17.9. The van der Waals surface area contributed by atoms with Crippen molar-refractivity contribution in [1.29, 1.82) is 0 Å². The molecule has 1 saturated heterocycles. The highest BCUT2D eigenvalue weighted by Crippen LogP contribution is 2.44. The van der Waals surface area contributed by atoms with E-state index in [-0.39, 0.29) is 17.7 Å². The van der Waals surface area contributed by atoms with Crippen LogP contribution in [-0.2, 0) is 11.3 Å². The monoisotopic (exact) mass is 483 g/mol. The molecule has 1 atom stereocenters. The maximum atomic E-state index is 14.1. The van der Waals surface area contributed by atoms with Crippen LogP contribution in [-0.4, -0.2) is 36.2 Å². The molecule has 1 unspecified atom stereocenters. The van der Waals surface area contributed by atoms with Crippen molar-refractivity contribution >= 4 is 10.8 Å². The molecule has 2 aliphatic rings. The Balaban J connectivity index is 1.32. The number of rotatable bonds is 5. The number of hydrogen-bond donors (Lipinski definition) is 1. The van der Waals surface area contributed by atoms with Crippen LogP contribution in [0.3, 0.4) is 0 Å². The molecule has 184 valence electrons. The van der Waals surface area contributed by atoms with Gasteiger partial charge in [0, 0.05) is 12.1 Å². The Bertz CT molecular complexity index is 1380. The summed E-state index contributed by atoms with van der Waals surface area (Å²) in [6.07, 6.45) is 3.55. The van der Waals surface area contributed by atoms with Crippen molar-refractivity contribution in [3.8, 4) is 22.6 Å². The van der Waals surface area contributed by atoms with Crippen LogP contribution in [0.2, 0.25) is 0 Å². The standard InChI is InChI=1S/C31H30FNO3/c32-24-7-12-27-23(18-24)20-36-31(30-28-13-8-25(34)19-22(28)6-11-29(27)30)21-4-9-26(10-5-21)35-17-16-33-14-2-1-3-15-33/h4-13,18-19,31,34H,1-3,14-17,20H2. The molecule has 4 nitrogen and oxygen atoms in total. The molecule has 4 aromatic rings. The fourth-order valence-corrected chi connectivity index (χ4v) is 5.54. The van der Waals surface area contributed by atoms with E-state index in [1.54, 1.807) is 18.2 Å². The van der Waals surface area contributed by atoms with Crippen molar-refractivity contribution in [3.05, 3.63) is 95.3 Å². The van der Waals surface area contributed by atoms with Crippen LogP contribution in [0.5, 0.6) is 11.5 Å². The van der Waals surface area contributed by atoms with E-state index in [1.807, 2.05) is 36.4 Å². The Labute approximate surface area is 210 Å². The summed E-state index contributed by atoms with van der Waals surface area (Å²) in [6.45, 7) is 4.27. The number of piperidine rings is 1. The summed E-state index contributed by atoms with van der Waals surface area (Å²) in [5.41, 5.74) is 4.86. The summed E-state index contributed by atoms with van der Waals surface area (Å²) in [5.74, 6) is 0.800. The highest BCUT2D eigenvalue weighted by molar-refractivity contribution is 5.94. The van der Waals surface area contributed by atoms with Gasteiger partial charge >= 0.3 is 0 Å². The van der Waals surface area contributed by atoms with Crippen molar-refractivity contribution in [1.82, 2.24) is 4.90 Å². The van der Waals surface area contributed by atoms with E-state index in [9.17, 15) is 9.50 Å². The van der Waals surface area contributed by atoms with E-state index >= 15 is 0 Å². The lowest BCUT2D eigenvalue weighted by Crippen LogP contribution is -2.33. The van der Waals surface area contributed by atoms with Gasteiger partial charge in [-0.2, -0.15) is 0 Å². The Hall–Kier alpha value is -3.41. The van der Waals surface area contributed by atoms with Gasteiger partial charge in [-0.05, 0) is 95.4 Å². The fourth-order valence-electron chi connectivity index (χ4n) is 5.54. The molecule has 4 aromatic carbocycles. The van der Waals surface area contributed by atoms with E-state index in [1.165, 1.54) is 38.4 Å². The lowest BCUT2D eigenvalue weighted by molar-refractivity contribution is 0.0700. The highest BCUT2D eigenvalue weighted by Gasteiger charge is 2.27. The molecule has 5 heteroatoms. The molecule has 1 N–H and O–H groups in total. The predicted molar refractivity (Wildman–Crippen MR) is 140 cm³/mol. The summed E-state index contributed by atoms with van der Waals surface area (Å²) < 4.78 is 26.6. The Morgan fingerprint density at radius 3 is 2.53 bits per heavy atom. The summed E-state index contributed by atoms with van der Waals surface area (Å²) >= 11 is 0. The van der Waals surface area contributed by atoms with E-state index < -0.39 is 0 Å². The molecule has 0 amide bonds. The van der Waals surface area contributed by atoms with Crippen LogP contribution in [0.15, 0.2) is 72.8 Å². The molecule has 0 saturated carbocycles. The fraction of sp³-hybridized carbons (Fsp3) is 0.290. The topological polar surface area (TPSA) is 41.9 Å². The molecule has 6 rings (SSSR count). The molecule has 1 fully saturated rings. The second-order valence-electron chi connectivity index (χ2n) is 9.74. The van der Waals surface area contributed by atoms with Gasteiger partial charge in [0.25, 0.3) is 0 Å². The van der Waals surface area contributed by atoms with Crippen LogP contribution < -0.4 is 4.74 Å². The number of phenolic OH excluding ortho intramolecular Hbond substituents is 1. The van der Waals surface area contributed by atoms with Gasteiger partial charge in [0.15, 0.2) is 0 Å². The first-order valence-electron chi connectivity index (χ1n) is 12.8. The number of halogens is 1. The van der Waals surface area contributed by atoms with Crippen molar-refractivity contribution in [2.75, 3.05) is 26.2 Å². The number of ether oxygens (including phenoxy) is 2. The van der Waals surface area contributed by atoms with Gasteiger partial charge in [-0.3, -0.25) is 4.90 Å². The maximum Gasteiger partial charge on any atom is 0.123 e. The van der Waals surface area contributed by atoms with Crippen LogP contribution in [0.4, 0.5) is 4.39 Å². The zero-order valence-electron chi connectivity index (χ0n) is 20.3. The lowest BCUT2D eigenvalue weighted by atomic mass is 9.88. The van der Waals surface area contributed by atoms with Crippen molar-refractivity contribution in [2.45, 2.75) is 32.0 Å². The minimum Gasteiger partial charge on any atom is -0.508 e. The van der Waals surface area contributed by atoms with Crippen molar-refractivity contribution in [3.63, 3.8) is 0 Å². The predicted octanol–water partition coefficient (Wildman–Crippen LogP) is 6.84. The third-order valence-electron chi connectivity index (χ3n) is 7.38. The lowest BCUT2D eigenvalue weighted by Gasteiger charge is -2.26. The second-order valence-corrected chi connectivity index (χ2v) is 9.74. The van der Waals surface area contributed by atoms with Crippen molar-refractivity contribution in [2.24, 2.45) is 0 Å².